The van der Waals surface area contributed by atoms with Crippen molar-refractivity contribution in [2.45, 2.75) is 40.4 Å². The molecule has 0 aromatic heterocycles. The van der Waals surface area contributed by atoms with E-state index < -0.39 is 0 Å². The van der Waals surface area contributed by atoms with E-state index in [-0.39, 0.29) is 11.7 Å². The maximum absolute atomic E-state index is 5.85. The van der Waals surface area contributed by atoms with E-state index in [1.807, 2.05) is 19.1 Å². The van der Waals surface area contributed by atoms with Crippen LogP contribution in [-0.4, -0.2) is 19.5 Å². The highest BCUT2D eigenvalue weighted by atomic mass is 16.7. The van der Waals surface area contributed by atoms with Crippen molar-refractivity contribution in [3.05, 3.63) is 23.8 Å². The zero-order valence-electron chi connectivity index (χ0n) is 11.4. The summed E-state index contributed by atoms with van der Waals surface area (Å²) in [6, 6.07) is 0. The van der Waals surface area contributed by atoms with Gasteiger partial charge in [0.25, 0.3) is 0 Å². The maximum Gasteiger partial charge on any atom is 0.176 e. The average Bonchev–Trinajstić information content (AvgIpc) is 2.28. The van der Waals surface area contributed by atoms with E-state index in [4.69, 9.17) is 9.47 Å². The van der Waals surface area contributed by atoms with E-state index in [0.29, 0.717) is 11.8 Å². The van der Waals surface area contributed by atoms with Crippen molar-refractivity contribution >= 4 is 0 Å². The van der Waals surface area contributed by atoms with Crippen LogP contribution in [0.1, 0.15) is 34.1 Å². The molecule has 1 spiro atoms. The summed E-state index contributed by atoms with van der Waals surface area (Å²) in [5.41, 5.74) is 1.68. The molecule has 0 radical (unpaired) electrons. The van der Waals surface area contributed by atoms with Gasteiger partial charge < -0.3 is 9.47 Å². The van der Waals surface area contributed by atoms with Gasteiger partial charge in [-0.2, -0.15) is 0 Å². The highest BCUT2D eigenvalue weighted by molar-refractivity contribution is 5.13. The molecule has 1 fully saturated rings. The van der Waals surface area contributed by atoms with Crippen molar-refractivity contribution in [3.63, 3.8) is 0 Å². The zero-order valence-corrected chi connectivity index (χ0v) is 11.4. The molecule has 17 heavy (non-hydrogen) atoms. The second-order valence-electron chi connectivity index (χ2n) is 5.66. The molecule has 2 rings (SSSR count). The number of ether oxygens (including phenoxy) is 2. The van der Waals surface area contributed by atoms with Crippen LogP contribution in [0.5, 0.6) is 0 Å². The van der Waals surface area contributed by atoms with Crippen molar-refractivity contribution in [3.8, 4) is 0 Å². The number of rotatable bonds is 1. The van der Waals surface area contributed by atoms with Crippen molar-refractivity contribution < 1.29 is 9.47 Å². The lowest BCUT2D eigenvalue weighted by atomic mass is 9.63. The predicted octanol–water partition coefficient (Wildman–Crippen LogP) is 3.54. The van der Waals surface area contributed by atoms with E-state index >= 15 is 0 Å². The highest BCUT2D eigenvalue weighted by Crippen LogP contribution is 2.46. The first-order valence-electron chi connectivity index (χ1n) is 6.62. The molecule has 1 saturated heterocycles. The van der Waals surface area contributed by atoms with E-state index in [9.17, 15) is 0 Å². The minimum Gasteiger partial charge on any atom is -0.348 e. The molecular weight excluding hydrogens is 212 g/mol. The molecule has 1 heterocycles. The highest BCUT2D eigenvalue weighted by Gasteiger charge is 2.46. The average molecular weight is 236 g/mol. The number of allylic oxidation sites excluding steroid dienone is 3. The zero-order chi connectivity index (χ0) is 12.5. The summed E-state index contributed by atoms with van der Waals surface area (Å²) >= 11 is 0. The molecule has 2 aliphatic rings. The lowest BCUT2D eigenvalue weighted by Gasteiger charge is -2.49. The van der Waals surface area contributed by atoms with Gasteiger partial charge in [0.15, 0.2) is 6.29 Å². The Morgan fingerprint density at radius 1 is 1.29 bits per heavy atom. The van der Waals surface area contributed by atoms with Gasteiger partial charge in [-0.15, -0.1) is 0 Å². The predicted molar refractivity (Wildman–Crippen MR) is 69.6 cm³/mol. The Morgan fingerprint density at radius 3 is 2.47 bits per heavy atom. The first-order valence-corrected chi connectivity index (χ1v) is 6.62. The summed E-state index contributed by atoms with van der Waals surface area (Å²) in [5, 5.41) is 0. The molecule has 0 aromatic rings. The fraction of sp³-hybridized carbons (Fsp3) is 0.733. The molecule has 2 atom stereocenters. The van der Waals surface area contributed by atoms with E-state index in [2.05, 4.69) is 26.8 Å². The van der Waals surface area contributed by atoms with Crippen molar-refractivity contribution in [1.82, 2.24) is 0 Å². The Bertz CT molecular complexity index is 322. The second-order valence-corrected chi connectivity index (χ2v) is 5.66. The second kappa shape index (κ2) is 4.95. The molecule has 0 saturated carbocycles. The van der Waals surface area contributed by atoms with Gasteiger partial charge in [-0.3, -0.25) is 0 Å². The Morgan fingerprint density at radius 2 is 1.94 bits per heavy atom. The van der Waals surface area contributed by atoms with Crippen LogP contribution in [0, 0.1) is 17.3 Å². The molecule has 2 heteroatoms. The molecule has 2 unspecified atom stereocenters. The smallest absolute Gasteiger partial charge is 0.176 e. The largest absolute Gasteiger partial charge is 0.348 e. The van der Waals surface area contributed by atoms with Crippen molar-refractivity contribution in [2.75, 3.05) is 13.2 Å². The summed E-state index contributed by atoms with van der Waals surface area (Å²) < 4.78 is 11.7. The van der Waals surface area contributed by atoms with Crippen LogP contribution in [0.3, 0.4) is 0 Å². The van der Waals surface area contributed by atoms with Gasteiger partial charge >= 0.3 is 0 Å². The molecule has 0 bridgehead atoms. The topological polar surface area (TPSA) is 18.5 Å². The standard InChI is InChI=1S/C15H24O2/c1-5-6-14-16-9-15(10-17-14)12(3)7-11(2)8-13(15)4/h5-7,12-14H,8-10H2,1-4H3. The number of hydrogen-bond donors (Lipinski definition) is 0. The molecule has 0 aromatic carbocycles. The molecule has 0 N–H and O–H groups in total. The monoisotopic (exact) mass is 236 g/mol. The van der Waals surface area contributed by atoms with Crippen LogP contribution < -0.4 is 0 Å². The van der Waals surface area contributed by atoms with Gasteiger partial charge in [0.05, 0.1) is 13.2 Å². The van der Waals surface area contributed by atoms with Gasteiger partial charge in [0.2, 0.25) is 0 Å². The molecule has 96 valence electrons. The summed E-state index contributed by atoms with van der Waals surface area (Å²) in [6.07, 6.45) is 7.39. The third kappa shape index (κ3) is 2.34. The summed E-state index contributed by atoms with van der Waals surface area (Å²) in [4.78, 5) is 0. The van der Waals surface area contributed by atoms with E-state index in [1.54, 1.807) is 0 Å². The summed E-state index contributed by atoms with van der Waals surface area (Å²) in [5.74, 6) is 1.17. The van der Waals surface area contributed by atoms with Crippen molar-refractivity contribution in [2.24, 2.45) is 17.3 Å². The van der Waals surface area contributed by atoms with Crippen LogP contribution in [0.15, 0.2) is 23.8 Å². The fourth-order valence-electron chi connectivity index (χ4n) is 3.18. The Labute approximate surface area is 105 Å². The first-order chi connectivity index (χ1) is 8.08. The molecule has 0 amide bonds. The Balaban J connectivity index is 2.11. The molecular formula is C15H24O2. The minimum absolute atomic E-state index is 0.142. The van der Waals surface area contributed by atoms with Gasteiger partial charge in [-0.05, 0) is 38.2 Å². The lowest BCUT2D eigenvalue weighted by molar-refractivity contribution is -0.229. The van der Waals surface area contributed by atoms with E-state index in [0.717, 1.165) is 13.2 Å². The number of hydrogen-bond acceptors (Lipinski definition) is 2. The minimum atomic E-state index is -0.142. The maximum atomic E-state index is 5.85. The van der Waals surface area contributed by atoms with Crippen LogP contribution >= 0.6 is 0 Å². The van der Waals surface area contributed by atoms with Crippen LogP contribution in [0.4, 0.5) is 0 Å². The van der Waals surface area contributed by atoms with E-state index in [1.165, 1.54) is 12.0 Å². The SMILES string of the molecule is CC=CC1OCC2(CO1)C(C)C=C(C)CC2C. The summed E-state index contributed by atoms with van der Waals surface area (Å²) in [6.45, 7) is 10.5. The Kier molecular flexibility index (Phi) is 3.74. The molecule has 1 aliphatic carbocycles. The van der Waals surface area contributed by atoms with Crippen LogP contribution in [0.2, 0.25) is 0 Å². The summed E-state index contributed by atoms with van der Waals surface area (Å²) in [7, 11) is 0. The van der Waals surface area contributed by atoms with Gasteiger partial charge in [-0.25, -0.2) is 0 Å². The van der Waals surface area contributed by atoms with Gasteiger partial charge in [-0.1, -0.05) is 31.6 Å². The quantitative estimate of drug-likeness (QED) is 0.648. The Hall–Kier alpha value is -0.600. The van der Waals surface area contributed by atoms with Crippen LogP contribution in [-0.2, 0) is 9.47 Å². The van der Waals surface area contributed by atoms with Crippen molar-refractivity contribution in [1.29, 1.82) is 0 Å². The van der Waals surface area contributed by atoms with Gasteiger partial charge in [0.1, 0.15) is 0 Å². The third-order valence-corrected chi connectivity index (χ3v) is 4.43. The van der Waals surface area contributed by atoms with Gasteiger partial charge in [0, 0.05) is 5.41 Å². The lowest BCUT2D eigenvalue weighted by Crippen LogP contribution is -2.50. The molecule has 2 nitrogen and oxygen atoms in total. The molecule has 1 aliphatic heterocycles. The van der Waals surface area contributed by atoms with Crippen LogP contribution in [0.25, 0.3) is 0 Å². The normalized spacial score (nSPS) is 43.1. The first kappa shape index (κ1) is 12.8. The fourth-order valence-corrected chi connectivity index (χ4v) is 3.18. The third-order valence-electron chi connectivity index (χ3n) is 4.43.